The maximum absolute atomic E-state index is 2.64. The first-order chi connectivity index (χ1) is 17.3. The molecule has 0 heterocycles. The Hall–Kier alpha value is -1.60. The van der Waals surface area contributed by atoms with E-state index in [2.05, 4.69) is 80.2 Å². The van der Waals surface area contributed by atoms with Crippen molar-refractivity contribution in [2.24, 2.45) is 0 Å². The molecule has 0 aromatic heterocycles. The van der Waals surface area contributed by atoms with E-state index in [-0.39, 0.29) is 0 Å². The predicted molar refractivity (Wildman–Crippen MR) is 160 cm³/mol. The van der Waals surface area contributed by atoms with Crippen LogP contribution in [0.3, 0.4) is 0 Å². The molecular formula is C34H52Si. The van der Waals surface area contributed by atoms with Crippen LogP contribution in [0.25, 0.3) is 6.08 Å². The molecule has 0 bridgehead atoms. The molecule has 1 aliphatic carbocycles. The minimum atomic E-state index is -1.64. The molecule has 0 N–H and O–H groups in total. The van der Waals surface area contributed by atoms with Crippen LogP contribution in [0.15, 0.2) is 60.7 Å². The lowest BCUT2D eigenvalue weighted by Crippen LogP contribution is -2.49. The second kappa shape index (κ2) is 16.2. The van der Waals surface area contributed by atoms with Gasteiger partial charge in [0.1, 0.15) is 0 Å². The molecule has 3 rings (SSSR count). The lowest BCUT2D eigenvalue weighted by atomic mass is 10.0. The summed E-state index contributed by atoms with van der Waals surface area (Å²) in [6, 6.07) is 22.0. The Morgan fingerprint density at radius 1 is 0.571 bits per heavy atom. The molecule has 0 nitrogen and oxygen atoms in total. The van der Waals surface area contributed by atoms with Crippen LogP contribution in [0.5, 0.6) is 0 Å². The van der Waals surface area contributed by atoms with Gasteiger partial charge in [-0.05, 0) is 11.1 Å². The molecule has 0 spiro atoms. The minimum absolute atomic E-state index is 0.623. The molecule has 0 aliphatic heterocycles. The summed E-state index contributed by atoms with van der Waals surface area (Å²) in [6.45, 7) is 4.95. The first kappa shape index (κ1) is 28.0. The molecule has 1 heteroatoms. The molecule has 2 aromatic rings. The van der Waals surface area contributed by atoms with Crippen molar-refractivity contribution in [1.82, 2.24) is 0 Å². The molecule has 192 valence electrons. The van der Waals surface area contributed by atoms with Crippen LogP contribution in [0.2, 0.25) is 12.6 Å². The van der Waals surface area contributed by atoms with Crippen LogP contribution in [0.1, 0.15) is 126 Å². The summed E-state index contributed by atoms with van der Waals surface area (Å²) in [5, 5.41) is 1.63. The Labute approximate surface area is 218 Å². The van der Waals surface area contributed by atoms with Gasteiger partial charge >= 0.3 is 0 Å². The number of allylic oxidation sites excluding steroid dienone is 1. The summed E-state index contributed by atoms with van der Waals surface area (Å²) in [5.41, 5.74) is 3.64. The third-order valence-electron chi connectivity index (χ3n) is 8.47. The van der Waals surface area contributed by atoms with E-state index in [0.717, 1.165) is 0 Å². The quantitative estimate of drug-likeness (QED) is 0.136. The number of hydrogen-bond donors (Lipinski definition) is 0. The number of rotatable bonds is 19. The largest absolute Gasteiger partial charge is 0.0949 e. The lowest BCUT2D eigenvalue weighted by molar-refractivity contribution is 0.531. The van der Waals surface area contributed by atoms with Crippen molar-refractivity contribution in [3.63, 3.8) is 0 Å². The van der Waals surface area contributed by atoms with E-state index in [1.165, 1.54) is 114 Å². The molecule has 0 saturated carbocycles. The van der Waals surface area contributed by atoms with Gasteiger partial charge in [-0.3, -0.25) is 0 Å². The number of benzene rings is 2. The number of hydrogen-bond acceptors (Lipinski definition) is 0. The van der Waals surface area contributed by atoms with Gasteiger partial charge < -0.3 is 0 Å². The summed E-state index contributed by atoms with van der Waals surface area (Å²) in [5.74, 6) is 0. The highest BCUT2D eigenvalue weighted by Gasteiger charge is 2.39. The van der Waals surface area contributed by atoms with E-state index in [0.29, 0.717) is 5.54 Å². The molecule has 35 heavy (non-hydrogen) atoms. The fourth-order valence-corrected chi connectivity index (χ4v) is 10.5. The molecular weight excluding hydrogens is 436 g/mol. The van der Waals surface area contributed by atoms with Gasteiger partial charge in [0.25, 0.3) is 0 Å². The second-order valence-corrected chi connectivity index (χ2v) is 15.8. The van der Waals surface area contributed by atoms with E-state index in [4.69, 9.17) is 0 Å². The first-order valence-electron chi connectivity index (χ1n) is 15.1. The van der Waals surface area contributed by atoms with Crippen molar-refractivity contribution in [2.45, 2.75) is 128 Å². The molecule has 0 radical (unpaired) electrons. The third kappa shape index (κ3) is 9.09. The van der Waals surface area contributed by atoms with Gasteiger partial charge in [-0.15, -0.1) is 0 Å². The maximum atomic E-state index is 2.64. The summed E-state index contributed by atoms with van der Waals surface area (Å²) in [7, 11) is -1.64. The van der Waals surface area contributed by atoms with Crippen LogP contribution in [-0.4, -0.2) is 8.07 Å². The highest BCUT2D eigenvalue weighted by molar-refractivity contribution is 6.92. The van der Waals surface area contributed by atoms with Crippen molar-refractivity contribution >= 4 is 19.3 Å². The van der Waals surface area contributed by atoms with Crippen molar-refractivity contribution in [2.75, 3.05) is 0 Å². The van der Waals surface area contributed by atoms with Gasteiger partial charge in [0, 0.05) is 5.54 Å². The van der Waals surface area contributed by atoms with Gasteiger partial charge in [0.15, 0.2) is 0 Å². The van der Waals surface area contributed by atoms with Gasteiger partial charge in [0.2, 0.25) is 0 Å². The normalized spacial score (nSPS) is 16.3. The van der Waals surface area contributed by atoms with Crippen molar-refractivity contribution in [3.8, 4) is 0 Å². The molecule has 1 aliphatic rings. The third-order valence-corrected chi connectivity index (χ3v) is 13.4. The molecule has 0 amide bonds. The monoisotopic (exact) mass is 488 g/mol. The maximum Gasteiger partial charge on any atom is 0.0949 e. The van der Waals surface area contributed by atoms with E-state index in [1.807, 2.05) is 0 Å². The second-order valence-electron chi connectivity index (χ2n) is 11.3. The van der Waals surface area contributed by atoms with E-state index >= 15 is 0 Å². The SMILES string of the molecule is CCCCCCCCCCCCCCCCCC[Si](C)(c1ccccc1)C1C=Cc2ccccc21. The molecule has 2 atom stereocenters. The molecule has 2 aromatic carbocycles. The van der Waals surface area contributed by atoms with E-state index in [1.54, 1.807) is 10.8 Å². The number of unbranched alkanes of at least 4 members (excludes halogenated alkanes) is 15. The Morgan fingerprint density at radius 2 is 1.06 bits per heavy atom. The van der Waals surface area contributed by atoms with Gasteiger partial charge in [-0.25, -0.2) is 0 Å². The Morgan fingerprint density at radius 3 is 1.63 bits per heavy atom. The average molecular weight is 489 g/mol. The van der Waals surface area contributed by atoms with Gasteiger partial charge in [-0.1, -0.05) is 194 Å². The summed E-state index contributed by atoms with van der Waals surface area (Å²) >= 11 is 0. The Bertz CT molecular complexity index is 839. The Kier molecular flexibility index (Phi) is 13.0. The van der Waals surface area contributed by atoms with E-state index in [9.17, 15) is 0 Å². The van der Waals surface area contributed by atoms with Crippen LogP contribution in [0, 0.1) is 0 Å². The van der Waals surface area contributed by atoms with Crippen molar-refractivity contribution in [1.29, 1.82) is 0 Å². The van der Waals surface area contributed by atoms with Crippen LogP contribution in [0.4, 0.5) is 0 Å². The highest BCUT2D eigenvalue weighted by Crippen LogP contribution is 2.39. The highest BCUT2D eigenvalue weighted by atomic mass is 28.3. The van der Waals surface area contributed by atoms with Crippen molar-refractivity contribution < 1.29 is 0 Å². The Balaban J connectivity index is 1.30. The van der Waals surface area contributed by atoms with Crippen LogP contribution in [-0.2, 0) is 0 Å². The lowest BCUT2D eigenvalue weighted by Gasteiger charge is -2.34. The zero-order valence-corrected chi connectivity index (χ0v) is 23.9. The smallest absolute Gasteiger partial charge is 0.0787 e. The fraction of sp³-hybridized carbons (Fsp3) is 0.588. The zero-order chi connectivity index (χ0) is 24.6. The standard InChI is InChI=1S/C34H52Si/c1-3-4-5-6-7-8-9-10-11-12-13-14-15-16-17-23-30-35(2,32-25-19-18-20-26-32)34-29-28-31-24-21-22-27-33(31)34/h18-22,24-29,34H,3-17,23,30H2,1-2H3. The minimum Gasteiger partial charge on any atom is -0.0787 e. The number of fused-ring (bicyclic) bond motifs is 1. The predicted octanol–water partition coefficient (Wildman–Crippen LogP) is 10.6. The molecule has 0 saturated heterocycles. The molecule has 0 fully saturated rings. The van der Waals surface area contributed by atoms with E-state index < -0.39 is 8.07 Å². The molecule has 2 unspecified atom stereocenters. The summed E-state index contributed by atoms with van der Waals surface area (Å²) in [6.07, 6.45) is 28.0. The van der Waals surface area contributed by atoms with Gasteiger partial charge in [-0.2, -0.15) is 0 Å². The fourth-order valence-electron chi connectivity index (χ4n) is 6.14. The zero-order valence-electron chi connectivity index (χ0n) is 22.9. The van der Waals surface area contributed by atoms with Gasteiger partial charge in [0.05, 0.1) is 8.07 Å². The average Bonchev–Trinajstić information content (AvgIpc) is 3.34. The first-order valence-corrected chi connectivity index (χ1v) is 17.9. The summed E-state index contributed by atoms with van der Waals surface area (Å²) < 4.78 is 0. The summed E-state index contributed by atoms with van der Waals surface area (Å²) in [4.78, 5) is 0. The van der Waals surface area contributed by atoms with Crippen LogP contribution >= 0.6 is 0 Å². The van der Waals surface area contributed by atoms with Crippen molar-refractivity contribution in [3.05, 3.63) is 71.8 Å². The topological polar surface area (TPSA) is 0 Å². The van der Waals surface area contributed by atoms with Crippen LogP contribution < -0.4 is 5.19 Å².